The molecule has 26 heavy (non-hydrogen) atoms. The molecular formula is C17H19N5O4. The van der Waals surface area contributed by atoms with Gasteiger partial charge >= 0.3 is 0 Å². The molecule has 0 bridgehead atoms. The van der Waals surface area contributed by atoms with E-state index in [1.807, 2.05) is 30.3 Å². The lowest BCUT2D eigenvalue weighted by atomic mass is 10.1. The predicted molar refractivity (Wildman–Crippen MR) is 92.1 cm³/mol. The Labute approximate surface area is 148 Å². The van der Waals surface area contributed by atoms with E-state index in [9.17, 15) is 15.3 Å². The minimum Gasteiger partial charge on any atom is -0.394 e. The number of nitrogens with zero attached hydrogens (tertiary/aromatic N) is 4. The molecule has 1 fully saturated rings. The van der Waals surface area contributed by atoms with Gasteiger partial charge in [0, 0.05) is 6.54 Å². The second-order valence-electron chi connectivity index (χ2n) is 6.12. The highest BCUT2D eigenvalue weighted by Crippen LogP contribution is 2.31. The van der Waals surface area contributed by atoms with Crippen molar-refractivity contribution in [3.8, 4) is 0 Å². The standard InChI is InChI=1S/C17H19N5O4/c23-8-12-13(24)14(25)17(26-12)22-16-11(7-21-22)15(19-9-20-16)18-6-10-4-2-1-3-5-10/h1-5,7,9,12-14,17,23-25H,6,8H2,(H,18,19,20). The molecule has 4 rings (SSSR count). The van der Waals surface area contributed by atoms with Gasteiger partial charge < -0.3 is 25.4 Å². The van der Waals surface area contributed by atoms with Crippen molar-refractivity contribution in [1.29, 1.82) is 0 Å². The highest BCUT2D eigenvalue weighted by atomic mass is 16.6. The average molecular weight is 357 g/mol. The summed E-state index contributed by atoms with van der Waals surface area (Å²) in [5, 5.41) is 37.6. The Morgan fingerprint density at radius 3 is 2.65 bits per heavy atom. The van der Waals surface area contributed by atoms with Crippen LogP contribution in [-0.2, 0) is 11.3 Å². The lowest BCUT2D eigenvalue weighted by Gasteiger charge is -2.15. The maximum Gasteiger partial charge on any atom is 0.181 e. The van der Waals surface area contributed by atoms with E-state index in [2.05, 4.69) is 20.4 Å². The molecule has 3 aromatic rings. The molecule has 4 N–H and O–H groups in total. The van der Waals surface area contributed by atoms with Crippen LogP contribution in [-0.4, -0.2) is 60.0 Å². The zero-order valence-corrected chi connectivity index (χ0v) is 13.8. The maximum absolute atomic E-state index is 10.2. The minimum atomic E-state index is -1.22. The summed E-state index contributed by atoms with van der Waals surface area (Å²) in [6, 6.07) is 9.90. The number of rotatable bonds is 5. The van der Waals surface area contributed by atoms with Crippen LogP contribution in [0.25, 0.3) is 11.0 Å². The van der Waals surface area contributed by atoms with E-state index in [1.165, 1.54) is 11.0 Å². The van der Waals surface area contributed by atoms with Crippen molar-refractivity contribution in [2.75, 3.05) is 11.9 Å². The Balaban J connectivity index is 1.61. The summed E-state index contributed by atoms with van der Waals surface area (Å²) in [5.74, 6) is 0.608. The maximum atomic E-state index is 10.2. The molecule has 0 spiro atoms. The molecule has 1 aliphatic rings. The van der Waals surface area contributed by atoms with E-state index < -0.39 is 31.1 Å². The topological polar surface area (TPSA) is 126 Å². The van der Waals surface area contributed by atoms with Crippen LogP contribution in [0.4, 0.5) is 5.82 Å². The van der Waals surface area contributed by atoms with E-state index in [1.54, 1.807) is 6.20 Å². The summed E-state index contributed by atoms with van der Waals surface area (Å²) in [5.41, 5.74) is 1.57. The van der Waals surface area contributed by atoms with Crippen molar-refractivity contribution >= 4 is 16.9 Å². The van der Waals surface area contributed by atoms with Gasteiger partial charge in [0.25, 0.3) is 0 Å². The van der Waals surface area contributed by atoms with Gasteiger partial charge in [-0.05, 0) is 5.56 Å². The van der Waals surface area contributed by atoms with Gasteiger partial charge in [-0.1, -0.05) is 30.3 Å². The summed E-state index contributed by atoms with van der Waals surface area (Å²) in [7, 11) is 0. The highest BCUT2D eigenvalue weighted by Gasteiger charge is 2.44. The molecule has 0 radical (unpaired) electrons. The van der Waals surface area contributed by atoms with Crippen molar-refractivity contribution in [2.24, 2.45) is 0 Å². The van der Waals surface area contributed by atoms with E-state index in [0.29, 0.717) is 23.4 Å². The smallest absolute Gasteiger partial charge is 0.181 e. The largest absolute Gasteiger partial charge is 0.394 e. The van der Waals surface area contributed by atoms with Gasteiger partial charge in [0.05, 0.1) is 18.2 Å². The van der Waals surface area contributed by atoms with Gasteiger partial charge in [-0.2, -0.15) is 5.10 Å². The minimum absolute atomic E-state index is 0.396. The van der Waals surface area contributed by atoms with Gasteiger partial charge in [-0.25, -0.2) is 14.6 Å². The van der Waals surface area contributed by atoms with Gasteiger partial charge in [0.2, 0.25) is 0 Å². The van der Waals surface area contributed by atoms with E-state index in [4.69, 9.17) is 4.74 Å². The van der Waals surface area contributed by atoms with Crippen LogP contribution >= 0.6 is 0 Å². The molecule has 2 aromatic heterocycles. The zero-order valence-electron chi connectivity index (χ0n) is 13.8. The summed E-state index contributed by atoms with van der Waals surface area (Å²) < 4.78 is 6.92. The number of aliphatic hydroxyl groups is 3. The summed E-state index contributed by atoms with van der Waals surface area (Å²) >= 11 is 0. The quantitative estimate of drug-likeness (QED) is 0.505. The molecule has 9 nitrogen and oxygen atoms in total. The number of anilines is 1. The summed E-state index contributed by atoms with van der Waals surface area (Å²) in [4.78, 5) is 8.48. The molecule has 0 saturated carbocycles. The molecule has 3 heterocycles. The molecule has 0 amide bonds. The first-order valence-corrected chi connectivity index (χ1v) is 8.27. The monoisotopic (exact) mass is 357 g/mol. The Morgan fingerprint density at radius 1 is 1.12 bits per heavy atom. The van der Waals surface area contributed by atoms with E-state index >= 15 is 0 Å². The Hall–Kier alpha value is -2.59. The van der Waals surface area contributed by atoms with Crippen molar-refractivity contribution in [3.63, 3.8) is 0 Å². The molecule has 1 saturated heterocycles. The first kappa shape index (κ1) is 16.9. The first-order valence-electron chi connectivity index (χ1n) is 8.27. The molecular weight excluding hydrogens is 338 g/mol. The van der Waals surface area contributed by atoms with Crippen LogP contribution in [0.5, 0.6) is 0 Å². The van der Waals surface area contributed by atoms with Crippen LogP contribution in [0.15, 0.2) is 42.9 Å². The van der Waals surface area contributed by atoms with Crippen LogP contribution in [0.1, 0.15) is 11.8 Å². The Morgan fingerprint density at radius 2 is 1.92 bits per heavy atom. The number of aliphatic hydroxyl groups excluding tert-OH is 3. The SMILES string of the molecule is OCC1OC(n2ncc3c(NCc4ccccc4)ncnc32)C(O)C1O. The number of hydrogen-bond donors (Lipinski definition) is 4. The fourth-order valence-corrected chi connectivity index (χ4v) is 3.05. The third-order valence-corrected chi connectivity index (χ3v) is 4.45. The Bertz CT molecular complexity index is 887. The van der Waals surface area contributed by atoms with Gasteiger partial charge in [0.15, 0.2) is 11.9 Å². The van der Waals surface area contributed by atoms with Crippen LogP contribution in [0.2, 0.25) is 0 Å². The first-order chi connectivity index (χ1) is 12.7. The molecule has 1 aromatic carbocycles. The van der Waals surface area contributed by atoms with Crippen LogP contribution in [0.3, 0.4) is 0 Å². The lowest BCUT2D eigenvalue weighted by Crippen LogP contribution is -2.33. The third kappa shape index (κ3) is 2.90. The van der Waals surface area contributed by atoms with Gasteiger partial charge in [-0.3, -0.25) is 0 Å². The van der Waals surface area contributed by atoms with Crippen LogP contribution in [0, 0.1) is 0 Å². The van der Waals surface area contributed by atoms with E-state index in [0.717, 1.165) is 5.56 Å². The fourth-order valence-electron chi connectivity index (χ4n) is 3.05. The normalized spacial score (nSPS) is 25.7. The molecule has 0 aliphatic carbocycles. The van der Waals surface area contributed by atoms with Crippen LogP contribution < -0.4 is 5.32 Å². The Kier molecular flexibility index (Phi) is 4.51. The lowest BCUT2D eigenvalue weighted by molar-refractivity contribution is -0.0566. The van der Waals surface area contributed by atoms with Gasteiger partial charge in [0.1, 0.15) is 30.5 Å². The molecule has 9 heteroatoms. The van der Waals surface area contributed by atoms with E-state index in [-0.39, 0.29) is 0 Å². The number of hydrogen-bond acceptors (Lipinski definition) is 8. The fraction of sp³-hybridized carbons (Fsp3) is 0.353. The highest BCUT2D eigenvalue weighted by molar-refractivity contribution is 5.86. The number of fused-ring (bicyclic) bond motifs is 1. The molecule has 136 valence electrons. The second-order valence-corrected chi connectivity index (χ2v) is 6.12. The van der Waals surface area contributed by atoms with Crippen molar-refractivity contribution in [1.82, 2.24) is 19.7 Å². The number of ether oxygens (including phenoxy) is 1. The van der Waals surface area contributed by atoms with Crippen molar-refractivity contribution in [2.45, 2.75) is 31.1 Å². The predicted octanol–water partition coefficient (Wildman–Crippen LogP) is 0.0499. The molecule has 4 atom stereocenters. The zero-order chi connectivity index (χ0) is 18.1. The molecule has 4 unspecified atom stereocenters. The average Bonchev–Trinajstić information content (AvgIpc) is 3.23. The number of aromatic nitrogens is 4. The third-order valence-electron chi connectivity index (χ3n) is 4.45. The molecule has 1 aliphatic heterocycles. The van der Waals surface area contributed by atoms with Crippen molar-refractivity contribution in [3.05, 3.63) is 48.4 Å². The number of benzene rings is 1. The summed E-state index contributed by atoms with van der Waals surface area (Å²) in [6.07, 6.45) is -1.23. The van der Waals surface area contributed by atoms with Gasteiger partial charge in [-0.15, -0.1) is 0 Å². The summed E-state index contributed by atoms with van der Waals surface area (Å²) in [6.45, 7) is 0.193. The second kappa shape index (κ2) is 6.96. The van der Waals surface area contributed by atoms with Crippen molar-refractivity contribution < 1.29 is 20.1 Å². The number of nitrogens with one attached hydrogen (secondary N) is 1.